The SMILES string of the molecule is COc1cccc(CCC(=O)N2CCCC(c3nc(-c4cccc(F)c4)no3)C2)c1OC. The molecular formula is C24H26FN3O4. The molecule has 0 aliphatic carbocycles. The van der Waals surface area contributed by atoms with Crippen molar-refractivity contribution in [2.75, 3.05) is 27.3 Å². The van der Waals surface area contributed by atoms with E-state index in [4.69, 9.17) is 14.0 Å². The van der Waals surface area contributed by atoms with Crippen molar-refractivity contribution in [1.82, 2.24) is 15.0 Å². The number of aromatic nitrogens is 2. The molecular weight excluding hydrogens is 413 g/mol. The summed E-state index contributed by atoms with van der Waals surface area (Å²) in [5.41, 5.74) is 1.50. The molecule has 4 rings (SSSR count). The number of hydrogen-bond donors (Lipinski definition) is 0. The fraction of sp³-hybridized carbons (Fsp3) is 0.375. The van der Waals surface area contributed by atoms with Gasteiger partial charge in [0.1, 0.15) is 5.82 Å². The first-order chi connectivity index (χ1) is 15.6. The number of para-hydroxylation sites is 1. The van der Waals surface area contributed by atoms with Gasteiger partial charge < -0.3 is 18.9 Å². The third-order valence-electron chi connectivity index (χ3n) is 5.74. The Hall–Kier alpha value is -3.42. The third-order valence-corrected chi connectivity index (χ3v) is 5.74. The number of methoxy groups -OCH3 is 2. The highest BCUT2D eigenvalue weighted by atomic mass is 19.1. The maximum atomic E-state index is 13.5. The number of rotatable bonds is 7. The van der Waals surface area contributed by atoms with Crippen LogP contribution in [-0.4, -0.2) is 48.3 Å². The zero-order chi connectivity index (χ0) is 22.5. The highest BCUT2D eigenvalue weighted by Crippen LogP contribution is 2.32. The van der Waals surface area contributed by atoms with Gasteiger partial charge in [-0.15, -0.1) is 0 Å². The summed E-state index contributed by atoms with van der Waals surface area (Å²) >= 11 is 0. The van der Waals surface area contributed by atoms with Gasteiger partial charge in [-0.2, -0.15) is 4.98 Å². The van der Waals surface area contributed by atoms with E-state index in [2.05, 4.69) is 10.1 Å². The summed E-state index contributed by atoms with van der Waals surface area (Å²) in [5, 5.41) is 4.00. The molecule has 0 N–H and O–H groups in total. The Bertz CT molecular complexity index is 1080. The predicted octanol–water partition coefficient (Wildman–Crippen LogP) is 4.23. The second kappa shape index (κ2) is 9.80. The minimum Gasteiger partial charge on any atom is -0.493 e. The van der Waals surface area contributed by atoms with Gasteiger partial charge in [-0.25, -0.2) is 4.39 Å². The second-order valence-electron chi connectivity index (χ2n) is 7.80. The minimum absolute atomic E-state index is 0.0335. The topological polar surface area (TPSA) is 77.7 Å². The summed E-state index contributed by atoms with van der Waals surface area (Å²) in [5.74, 6) is 1.84. The van der Waals surface area contributed by atoms with Crippen LogP contribution in [0.5, 0.6) is 11.5 Å². The predicted molar refractivity (Wildman–Crippen MR) is 116 cm³/mol. The second-order valence-corrected chi connectivity index (χ2v) is 7.80. The lowest BCUT2D eigenvalue weighted by molar-refractivity contribution is -0.132. The molecule has 1 aliphatic heterocycles. The van der Waals surface area contributed by atoms with Gasteiger partial charge in [-0.3, -0.25) is 4.79 Å². The summed E-state index contributed by atoms with van der Waals surface area (Å²) in [6, 6.07) is 11.8. The Morgan fingerprint density at radius 2 is 2.06 bits per heavy atom. The van der Waals surface area contributed by atoms with E-state index in [1.807, 2.05) is 23.1 Å². The first kappa shape index (κ1) is 21.8. The summed E-state index contributed by atoms with van der Waals surface area (Å²) in [7, 11) is 3.19. The third kappa shape index (κ3) is 4.74. The van der Waals surface area contributed by atoms with Crippen LogP contribution in [-0.2, 0) is 11.2 Å². The normalized spacial score (nSPS) is 16.1. The number of carbonyl (C=O) groups is 1. The Kier molecular flexibility index (Phi) is 6.68. The molecule has 7 nitrogen and oxygen atoms in total. The van der Waals surface area contributed by atoms with E-state index in [1.165, 1.54) is 12.1 Å². The zero-order valence-corrected chi connectivity index (χ0v) is 18.2. The van der Waals surface area contributed by atoms with Crippen LogP contribution in [0, 0.1) is 5.82 Å². The lowest BCUT2D eigenvalue weighted by Crippen LogP contribution is -2.39. The van der Waals surface area contributed by atoms with Crippen molar-refractivity contribution in [1.29, 1.82) is 0 Å². The van der Waals surface area contributed by atoms with Crippen molar-refractivity contribution in [2.24, 2.45) is 0 Å². The molecule has 1 aromatic heterocycles. The Morgan fingerprint density at radius 3 is 2.84 bits per heavy atom. The van der Waals surface area contributed by atoms with Gasteiger partial charge in [-0.05, 0) is 43.0 Å². The van der Waals surface area contributed by atoms with E-state index in [0.717, 1.165) is 18.4 Å². The quantitative estimate of drug-likeness (QED) is 0.548. The number of nitrogens with zero attached hydrogens (tertiary/aromatic N) is 3. The molecule has 0 saturated carbocycles. The van der Waals surface area contributed by atoms with Gasteiger partial charge in [0.25, 0.3) is 0 Å². The number of halogens is 1. The molecule has 168 valence electrons. The average Bonchev–Trinajstić information content (AvgIpc) is 3.32. The number of piperidine rings is 1. The van der Waals surface area contributed by atoms with Crippen LogP contribution in [0.1, 0.15) is 36.6 Å². The summed E-state index contributed by atoms with van der Waals surface area (Å²) in [4.78, 5) is 19.2. The number of carbonyl (C=O) groups excluding carboxylic acids is 1. The molecule has 2 aromatic carbocycles. The van der Waals surface area contributed by atoms with Crippen molar-refractivity contribution in [2.45, 2.75) is 31.6 Å². The first-order valence-corrected chi connectivity index (χ1v) is 10.7. The van der Waals surface area contributed by atoms with Crippen molar-refractivity contribution in [3.63, 3.8) is 0 Å². The molecule has 1 aliphatic rings. The standard InChI is InChI=1S/C24H26FN3O4/c1-30-20-10-4-6-16(22(20)31-2)11-12-21(29)28-13-5-8-18(15-28)24-26-23(27-32-24)17-7-3-9-19(25)14-17/h3-4,6-7,9-10,14,18H,5,8,11-13,15H2,1-2H3. The van der Waals surface area contributed by atoms with Gasteiger partial charge in [0.2, 0.25) is 17.6 Å². The number of aryl methyl sites for hydroxylation is 1. The van der Waals surface area contributed by atoms with E-state index in [1.54, 1.807) is 26.4 Å². The summed E-state index contributed by atoms with van der Waals surface area (Å²) < 4.78 is 29.8. The first-order valence-electron chi connectivity index (χ1n) is 10.7. The highest BCUT2D eigenvalue weighted by Gasteiger charge is 2.28. The molecule has 1 fully saturated rings. The maximum Gasteiger partial charge on any atom is 0.231 e. The van der Waals surface area contributed by atoms with Crippen LogP contribution in [0.15, 0.2) is 47.0 Å². The lowest BCUT2D eigenvalue weighted by Gasteiger charge is -2.31. The molecule has 0 bridgehead atoms. The molecule has 8 heteroatoms. The van der Waals surface area contributed by atoms with E-state index >= 15 is 0 Å². The van der Waals surface area contributed by atoms with Crippen LogP contribution in [0.25, 0.3) is 11.4 Å². The average molecular weight is 439 g/mol. The fourth-order valence-corrected chi connectivity index (χ4v) is 4.10. The zero-order valence-electron chi connectivity index (χ0n) is 18.2. The molecule has 0 spiro atoms. The van der Waals surface area contributed by atoms with Gasteiger partial charge >= 0.3 is 0 Å². The molecule has 32 heavy (non-hydrogen) atoms. The highest BCUT2D eigenvalue weighted by molar-refractivity contribution is 5.76. The van der Waals surface area contributed by atoms with Crippen molar-refractivity contribution >= 4 is 5.91 Å². The lowest BCUT2D eigenvalue weighted by atomic mass is 9.97. The minimum atomic E-state index is -0.351. The number of hydrogen-bond acceptors (Lipinski definition) is 6. The van der Waals surface area contributed by atoms with Crippen LogP contribution < -0.4 is 9.47 Å². The van der Waals surface area contributed by atoms with Gasteiger partial charge in [0, 0.05) is 25.1 Å². The van der Waals surface area contributed by atoms with Crippen LogP contribution in [0.2, 0.25) is 0 Å². The Balaban J connectivity index is 1.40. The molecule has 3 aromatic rings. The van der Waals surface area contributed by atoms with Crippen molar-refractivity contribution in [3.8, 4) is 22.9 Å². The number of ether oxygens (including phenoxy) is 2. The van der Waals surface area contributed by atoms with Crippen LogP contribution in [0.4, 0.5) is 4.39 Å². The van der Waals surface area contributed by atoms with Crippen LogP contribution in [0.3, 0.4) is 0 Å². The van der Waals surface area contributed by atoms with E-state index in [0.29, 0.717) is 54.7 Å². The van der Waals surface area contributed by atoms with E-state index in [-0.39, 0.29) is 17.6 Å². The van der Waals surface area contributed by atoms with E-state index < -0.39 is 0 Å². The molecule has 1 atom stereocenters. The molecule has 2 heterocycles. The maximum absolute atomic E-state index is 13.5. The molecule has 0 radical (unpaired) electrons. The molecule has 1 saturated heterocycles. The largest absolute Gasteiger partial charge is 0.493 e. The Labute approximate surface area is 186 Å². The summed E-state index contributed by atoms with van der Waals surface area (Å²) in [6.45, 7) is 1.23. The monoisotopic (exact) mass is 439 g/mol. The summed E-state index contributed by atoms with van der Waals surface area (Å²) in [6.07, 6.45) is 2.65. The van der Waals surface area contributed by atoms with Crippen LogP contribution >= 0.6 is 0 Å². The van der Waals surface area contributed by atoms with Gasteiger partial charge in [-0.1, -0.05) is 29.4 Å². The smallest absolute Gasteiger partial charge is 0.231 e. The van der Waals surface area contributed by atoms with Crippen molar-refractivity contribution < 1.29 is 23.2 Å². The number of amides is 1. The van der Waals surface area contributed by atoms with E-state index in [9.17, 15) is 9.18 Å². The molecule has 1 unspecified atom stereocenters. The molecule has 1 amide bonds. The Morgan fingerprint density at radius 1 is 1.22 bits per heavy atom. The van der Waals surface area contributed by atoms with Gasteiger partial charge in [0.15, 0.2) is 11.5 Å². The number of benzene rings is 2. The fourth-order valence-electron chi connectivity index (χ4n) is 4.10. The van der Waals surface area contributed by atoms with Gasteiger partial charge in [0.05, 0.1) is 20.1 Å². The van der Waals surface area contributed by atoms with Crippen molar-refractivity contribution in [3.05, 3.63) is 59.7 Å². The number of likely N-dealkylation sites (tertiary alicyclic amines) is 1.